The predicted octanol–water partition coefficient (Wildman–Crippen LogP) is 7.35. The first-order valence-electron chi connectivity index (χ1n) is 9.42. The molecule has 0 aromatic carbocycles. The Morgan fingerprint density at radius 2 is 1.24 bits per heavy atom. The third kappa shape index (κ3) is 5.80. The van der Waals surface area contributed by atoms with E-state index in [0.29, 0.717) is 0 Å². The van der Waals surface area contributed by atoms with Crippen molar-refractivity contribution in [2.24, 2.45) is 35.5 Å². The van der Waals surface area contributed by atoms with Crippen molar-refractivity contribution < 1.29 is 0 Å². The summed E-state index contributed by atoms with van der Waals surface area (Å²) in [4.78, 5) is 0. The average Bonchev–Trinajstić information content (AvgIpc) is 2.61. The smallest absolute Gasteiger partial charge is 0.0164 e. The average molecular weight is 295 g/mol. The van der Waals surface area contributed by atoms with Crippen molar-refractivity contribution >= 4 is 0 Å². The molecular weight excluding hydrogens is 252 g/mol. The van der Waals surface area contributed by atoms with Gasteiger partial charge in [-0.05, 0) is 41.9 Å². The molecule has 0 N–H and O–H groups in total. The number of rotatable bonds is 5. The minimum atomic E-state index is 0.735. The van der Waals surface area contributed by atoms with Gasteiger partial charge in [-0.2, -0.15) is 0 Å². The molecule has 0 aliphatic heterocycles. The molecule has 0 radical (unpaired) electrons. The molecule has 0 fully saturated rings. The lowest BCUT2D eigenvalue weighted by Gasteiger charge is -2.25. The molecule has 3 unspecified atom stereocenters. The summed E-state index contributed by atoms with van der Waals surface area (Å²) >= 11 is 0. The van der Waals surface area contributed by atoms with Gasteiger partial charge in [0, 0.05) is 0 Å². The molecule has 1 rings (SSSR count). The van der Waals surface area contributed by atoms with Crippen molar-refractivity contribution in [2.45, 2.75) is 88.5 Å². The Bertz CT molecular complexity index is 303. The van der Waals surface area contributed by atoms with E-state index in [1.807, 2.05) is 5.57 Å². The fourth-order valence-electron chi connectivity index (χ4n) is 4.23. The molecule has 0 heterocycles. The first-order chi connectivity index (χ1) is 9.68. The van der Waals surface area contributed by atoms with E-state index in [-0.39, 0.29) is 0 Å². The standard InChI is InChI=1S/C17H32.C4H10/c1-8-10-15-14(9-2)13(7)16(11(3)4)17(15)12(5)6;1-4(2)3/h11-15H,8-10H2,1-7H3;4H,1-3H3. The molecule has 0 bridgehead atoms. The molecule has 0 saturated heterocycles. The lowest BCUT2D eigenvalue weighted by Crippen LogP contribution is -2.17. The minimum absolute atomic E-state index is 0.735. The molecule has 0 nitrogen and oxygen atoms in total. The molecule has 126 valence electrons. The zero-order valence-corrected chi connectivity index (χ0v) is 16.6. The Labute approximate surface area is 135 Å². The Balaban J connectivity index is 0.000000885. The normalized spacial score (nSPS) is 25.9. The molecule has 1 aliphatic rings. The first kappa shape index (κ1) is 20.7. The SMILES string of the molecule is CC(C)C.CCCC1C(C(C)C)=C(C(C)C)C(C)C1CC. The maximum Gasteiger partial charge on any atom is -0.0164 e. The van der Waals surface area contributed by atoms with Crippen LogP contribution < -0.4 is 0 Å². The van der Waals surface area contributed by atoms with Gasteiger partial charge in [-0.25, -0.2) is 0 Å². The fraction of sp³-hybridized carbons (Fsp3) is 0.905. The Hall–Kier alpha value is -0.260. The van der Waals surface area contributed by atoms with E-state index in [2.05, 4.69) is 69.2 Å². The zero-order valence-electron chi connectivity index (χ0n) is 16.6. The Morgan fingerprint density at radius 3 is 1.52 bits per heavy atom. The molecule has 0 spiro atoms. The third-order valence-corrected chi connectivity index (χ3v) is 4.70. The Kier molecular flexibility index (Phi) is 9.58. The molecule has 0 aromatic heterocycles. The first-order valence-corrected chi connectivity index (χ1v) is 9.42. The molecule has 0 heteroatoms. The van der Waals surface area contributed by atoms with Crippen LogP contribution in [-0.4, -0.2) is 0 Å². The van der Waals surface area contributed by atoms with Crippen LogP contribution in [-0.2, 0) is 0 Å². The summed E-state index contributed by atoms with van der Waals surface area (Å²) in [6, 6.07) is 0. The summed E-state index contributed by atoms with van der Waals surface area (Å²) in [6.07, 6.45) is 4.07. The lowest BCUT2D eigenvalue weighted by molar-refractivity contribution is 0.298. The predicted molar refractivity (Wildman–Crippen MR) is 98.6 cm³/mol. The number of hydrogen-bond acceptors (Lipinski definition) is 0. The van der Waals surface area contributed by atoms with E-state index in [1.165, 1.54) is 19.3 Å². The second kappa shape index (κ2) is 9.70. The van der Waals surface area contributed by atoms with Crippen LogP contribution in [0.4, 0.5) is 0 Å². The monoisotopic (exact) mass is 294 g/mol. The van der Waals surface area contributed by atoms with Crippen LogP contribution in [0.25, 0.3) is 0 Å². The van der Waals surface area contributed by atoms with E-state index in [0.717, 1.165) is 35.5 Å². The highest BCUT2D eigenvalue weighted by Gasteiger charge is 2.39. The van der Waals surface area contributed by atoms with Crippen LogP contribution in [0.5, 0.6) is 0 Å². The molecular formula is C21H42. The van der Waals surface area contributed by atoms with Gasteiger partial charge in [-0.3, -0.25) is 0 Å². The van der Waals surface area contributed by atoms with Crippen molar-refractivity contribution in [3.63, 3.8) is 0 Å². The van der Waals surface area contributed by atoms with Gasteiger partial charge in [-0.1, -0.05) is 93.2 Å². The van der Waals surface area contributed by atoms with Gasteiger partial charge >= 0.3 is 0 Å². The third-order valence-electron chi connectivity index (χ3n) is 4.70. The molecule has 0 amide bonds. The summed E-state index contributed by atoms with van der Waals surface area (Å²) in [7, 11) is 0. The van der Waals surface area contributed by atoms with E-state index in [9.17, 15) is 0 Å². The van der Waals surface area contributed by atoms with Crippen LogP contribution in [0.2, 0.25) is 0 Å². The maximum atomic E-state index is 2.47. The van der Waals surface area contributed by atoms with Gasteiger partial charge in [0.1, 0.15) is 0 Å². The van der Waals surface area contributed by atoms with Gasteiger partial charge in [0.25, 0.3) is 0 Å². The molecule has 21 heavy (non-hydrogen) atoms. The van der Waals surface area contributed by atoms with Gasteiger partial charge < -0.3 is 0 Å². The summed E-state index contributed by atoms with van der Waals surface area (Å²) in [6.45, 7) is 23.2. The highest BCUT2D eigenvalue weighted by atomic mass is 14.4. The van der Waals surface area contributed by atoms with Crippen LogP contribution in [0, 0.1) is 35.5 Å². The van der Waals surface area contributed by atoms with Crippen LogP contribution >= 0.6 is 0 Å². The van der Waals surface area contributed by atoms with Gasteiger partial charge in [0.05, 0.1) is 0 Å². The van der Waals surface area contributed by atoms with Crippen LogP contribution in [0.15, 0.2) is 11.1 Å². The van der Waals surface area contributed by atoms with Gasteiger partial charge in [-0.15, -0.1) is 0 Å². The molecule has 3 atom stereocenters. The van der Waals surface area contributed by atoms with E-state index < -0.39 is 0 Å². The molecule has 0 saturated carbocycles. The molecule has 1 aliphatic carbocycles. The van der Waals surface area contributed by atoms with E-state index >= 15 is 0 Å². The quantitative estimate of drug-likeness (QED) is 0.465. The zero-order chi connectivity index (χ0) is 16.7. The highest BCUT2D eigenvalue weighted by Crippen LogP contribution is 2.50. The Morgan fingerprint density at radius 1 is 0.810 bits per heavy atom. The largest absolute Gasteiger partial charge is 0.0654 e. The number of hydrogen-bond donors (Lipinski definition) is 0. The topological polar surface area (TPSA) is 0 Å². The minimum Gasteiger partial charge on any atom is -0.0654 e. The summed E-state index contributed by atoms with van der Waals surface area (Å²) < 4.78 is 0. The summed E-state index contributed by atoms with van der Waals surface area (Å²) in [5, 5.41) is 0. The second-order valence-corrected chi connectivity index (χ2v) is 8.21. The van der Waals surface area contributed by atoms with Crippen LogP contribution in [0.3, 0.4) is 0 Å². The summed E-state index contributed by atoms with van der Waals surface area (Å²) in [5.74, 6) is 4.90. The van der Waals surface area contributed by atoms with Crippen molar-refractivity contribution in [3.05, 3.63) is 11.1 Å². The van der Waals surface area contributed by atoms with Gasteiger partial charge in [0.2, 0.25) is 0 Å². The van der Waals surface area contributed by atoms with Crippen LogP contribution in [0.1, 0.15) is 88.5 Å². The fourth-order valence-corrected chi connectivity index (χ4v) is 4.23. The lowest BCUT2D eigenvalue weighted by atomic mass is 9.79. The highest BCUT2D eigenvalue weighted by molar-refractivity contribution is 5.30. The number of allylic oxidation sites excluding steroid dienone is 2. The van der Waals surface area contributed by atoms with Crippen molar-refractivity contribution in [1.29, 1.82) is 0 Å². The maximum absolute atomic E-state index is 2.47. The van der Waals surface area contributed by atoms with Crippen molar-refractivity contribution in [3.8, 4) is 0 Å². The van der Waals surface area contributed by atoms with Gasteiger partial charge in [0.15, 0.2) is 0 Å². The van der Waals surface area contributed by atoms with E-state index in [1.54, 1.807) is 5.57 Å². The second-order valence-electron chi connectivity index (χ2n) is 8.21. The summed E-state index contributed by atoms with van der Waals surface area (Å²) in [5.41, 5.74) is 3.62. The van der Waals surface area contributed by atoms with Crippen molar-refractivity contribution in [1.82, 2.24) is 0 Å². The molecule has 0 aromatic rings. The van der Waals surface area contributed by atoms with Crippen molar-refractivity contribution in [2.75, 3.05) is 0 Å². The van der Waals surface area contributed by atoms with E-state index in [4.69, 9.17) is 0 Å².